The Morgan fingerprint density at radius 3 is 2.16 bits per heavy atom. The van der Waals surface area contributed by atoms with Crippen LogP contribution in [-0.4, -0.2) is 29.1 Å². The summed E-state index contributed by atoms with van der Waals surface area (Å²) < 4.78 is 0. The molecule has 0 aromatic heterocycles. The first-order valence-electron chi connectivity index (χ1n) is 8.05. The van der Waals surface area contributed by atoms with Crippen LogP contribution in [0.4, 0.5) is 0 Å². The lowest BCUT2D eigenvalue weighted by Gasteiger charge is -2.36. The van der Waals surface area contributed by atoms with Crippen LogP contribution in [0.15, 0.2) is 0 Å². The fourth-order valence-electron chi connectivity index (χ4n) is 3.34. The highest BCUT2D eigenvalue weighted by Gasteiger charge is 2.43. The Morgan fingerprint density at radius 2 is 1.74 bits per heavy atom. The molecule has 1 aliphatic heterocycles. The van der Waals surface area contributed by atoms with E-state index in [0.29, 0.717) is 23.8 Å². The van der Waals surface area contributed by atoms with Crippen LogP contribution in [0.3, 0.4) is 0 Å². The van der Waals surface area contributed by atoms with Gasteiger partial charge in [-0.15, -0.1) is 0 Å². The predicted molar refractivity (Wildman–Crippen MR) is 80.8 cm³/mol. The molecule has 112 valence electrons. The highest BCUT2D eigenvalue weighted by Crippen LogP contribution is 2.28. The number of rotatable bonds is 7. The molecule has 3 unspecified atom stereocenters. The van der Waals surface area contributed by atoms with Gasteiger partial charge in [-0.3, -0.25) is 10.1 Å². The lowest BCUT2D eigenvalue weighted by atomic mass is 9.93. The Balaban J connectivity index is 2.90. The van der Waals surface area contributed by atoms with Gasteiger partial charge >= 0.3 is 0 Å². The summed E-state index contributed by atoms with van der Waals surface area (Å²) in [6, 6.07) is 0.374. The number of carbonyl (C=O) groups is 1. The third-order valence-corrected chi connectivity index (χ3v) is 4.60. The van der Waals surface area contributed by atoms with Gasteiger partial charge in [-0.05, 0) is 25.2 Å². The molecule has 0 radical (unpaired) electrons. The first-order chi connectivity index (χ1) is 8.97. The largest absolute Gasteiger partial charge is 0.323 e. The number of hydrogen-bond donors (Lipinski definition) is 1. The van der Waals surface area contributed by atoms with Crippen molar-refractivity contribution in [3.63, 3.8) is 0 Å². The van der Waals surface area contributed by atoms with Crippen molar-refractivity contribution in [3.05, 3.63) is 0 Å². The second kappa shape index (κ2) is 7.28. The molecule has 19 heavy (non-hydrogen) atoms. The maximum absolute atomic E-state index is 12.7. The molecule has 0 spiro atoms. The first kappa shape index (κ1) is 16.5. The van der Waals surface area contributed by atoms with Gasteiger partial charge < -0.3 is 4.90 Å². The molecule has 3 nitrogen and oxygen atoms in total. The number of hydrogen-bond acceptors (Lipinski definition) is 2. The SMILES string of the molecule is CCCC1NC(C(C)C)N(C(C)C(CC)CC)C1=O. The molecule has 1 N–H and O–H groups in total. The molecule has 0 aromatic carbocycles. The van der Waals surface area contributed by atoms with E-state index < -0.39 is 0 Å². The Morgan fingerprint density at radius 1 is 1.16 bits per heavy atom. The van der Waals surface area contributed by atoms with Crippen LogP contribution in [0.1, 0.15) is 67.2 Å². The minimum Gasteiger partial charge on any atom is -0.323 e. The smallest absolute Gasteiger partial charge is 0.241 e. The van der Waals surface area contributed by atoms with Crippen LogP contribution in [0, 0.1) is 11.8 Å². The lowest BCUT2D eigenvalue weighted by Crippen LogP contribution is -2.48. The Labute approximate surface area is 119 Å². The standard InChI is InChI=1S/C16H32N2O/c1-7-10-14-16(19)18(15(17-14)11(4)5)12(6)13(8-2)9-3/h11-15,17H,7-10H2,1-6H3. The average Bonchev–Trinajstić information content (AvgIpc) is 2.69. The normalized spacial score (nSPS) is 25.7. The maximum Gasteiger partial charge on any atom is 0.241 e. The predicted octanol–water partition coefficient (Wildman–Crippen LogP) is 3.39. The second-order valence-electron chi connectivity index (χ2n) is 6.26. The van der Waals surface area contributed by atoms with Gasteiger partial charge in [0, 0.05) is 6.04 Å². The molecular formula is C16H32N2O. The summed E-state index contributed by atoms with van der Waals surface area (Å²) in [6.45, 7) is 13.2. The number of nitrogens with zero attached hydrogens (tertiary/aromatic N) is 1. The van der Waals surface area contributed by atoms with Crippen LogP contribution in [0.2, 0.25) is 0 Å². The van der Waals surface area contributed by atoms with Crippen LogP contribution < -0.4 is 5.32 Å². The van der Waals surface area contributed by atoms with E-state index in [1.165, 1.54) is 0 Å². The molecule has 0 aliphatic carbocycles. The van der Waals surface area contributed by atoms with Crippen molar-refractivity contribution in [2.45, 2.75) is 85.5 Å². The van der Waals surface area contributed by atoms with Crippen LogP contribution >= 0.6 is 0 Å². The molecule has 1 fully saturated rings. The van der Waals surface area contributed by atoms with Crippen LogP contribution in [-0.2, 0) is 4.79 Å². The van der Waals surface area contributed by atoms with Crippen molar-refractivity contribution in [2.24, 2.45) is 11.8 Å². The lowest BCUT2D eigenvalue weighted by molar-refractivity contribution is -0.133. The van der Waals surface area contributed by atoms with E-state index in [1.54, 1.807) is 0 Å². The van der Waals surface area contributed by atoms with Gasteiger partial charge in [0.1, 0.15) is 0 Å². The summed E-state index contributed by atoms with van der Waals surface area (Å²) in [4.78, 5) is 14.8. The molecule has 0 aromatic rings. The Bertz CT molecular complexity index is 286. The zero-order chi connectivity index (χ0) is 14.6. The number of nitrogens with one attached hydrogen (secondary N) is 1. The van der Waals surface area contributed by atoms with Crippen molar-refractivity contribution >= 4 is 5.91 Å². The molecule has 1 rings (SSSR count). The van der Waals surface area contributed by atoms with E-state index in [9.17, 15) is 4.79 Å². The molecule has 3 heteroatoms. The van der Waals surface area contributed by atoms with Gasteiger partial charge in [-0.2, -0.15) is 0 Å². The van der Waals surface area contributed by atoms with E-state index >= 15 is 0 Å². The summed E-state index contributed by atoms with van der Waals surface area (Å²) in [6.07, 6.45) is 4.50. The van der Waals surface area contributed by atoms with Crippen LogP contribution in [0.5, 0.6) is 0 Å². The molecular weight excluding hydrogens is 236 g/mol. The van der Waals surface area contributed by atoms with Gasteiger partial charge in [-0.25, -0.2) is 0 Å². The van der Waals surface area contributed by atoms with Crippen molar-refractivity contribution < 1.29 is 4.79 Å². The zero-order valence-electron chi connectivity index (χ0n) is 13.6. The molecule has 1 heterocycles. The fraction of sp³-hybridized carbons (Fsp3) is 0.938. The summed E-state index contributed by atoms with van der Waals surface area (Å²) >= 11 is 0. The summed E-state index contributed by atoms with van der Waals surface area (Å²) in [5.74, 6) is 1.38. The quantitative estimate of drug-likeness (QED) is 0.767. The van der Waals surface area contributed by atoms with Gasteiger partial charge in [0.15, 0.2) is 0 Å². The average molecular weight is 268 g/mol. The van der Waals surface area contributed by atoms with Crippen molar-refractivity contribution in [1.82, 2.24) is 10.2 Å². The van der Waals surface area contributed by atoms with E-state index in [-0.39, 0.29) is 12.2 Å². The first-order valence-corrected chi connectivity index (χ1v) is 8.05. The molecule has 1 aliphatic rings. The second-order valence-corrected chi connectivity index (χ2v) is 6.26. The van der Waals surface area contributed by atoms with E-state index in [2.05, 4.69) is 51.8 Å². The fourth-order valence-corrected chi connectivity index (χ4v) is 3.34. The summed E-state index contributed by atoms with van der Waals surface area (Å²) in [5.41, 5.74) is 0. The highest BCUT2D eigenvalue weighted by atomic mass is 16.2. The maximum atomic E-state index is 12.7. The molecule has 1 amide bonds. The van der Waals surface area contributed by atoms with Gasteiger partial charge in [0.05, 0.1) is 12.2 Å². The van der Waals surface area contributed by atoms with E-state index in [1.807, 2.05) is 0 Å². The molecule has 0 bridgehead atoms. The number of carbonyl (C=O) groups excluding carboxylic acids is 1. The van der Waals surface area contributed by atoms with Gasteiger partial charge in [-0.1, -0.05) is 53.9 Å². The molecule has 1 saturated heterocycles. The zero-order valence-corrected chi connectivity index (χ0v) is 13.6. The highest BCUT2D eigenvalue weighted by molar-refractivity contribution is 5.84. The van der Waals surface area contributed by atoms with Gasteiger partial charge in [0.2, 0.25) is 5.91 Å². The van der Waals surface area contributed by atoms with Crippen molar-refractivity contribution in [3.8, 4) is 0 Å². The molecule has 0 saturated carbocycles. The number of amides is 1. The Kier molecular flexibility index (Phi) is 6.31. The minimum absolute atomic E-state index is 0.0363. The monoisotopic (exact) mass is 268 g/mol. The summed E-state index contributed by atoms with van der Waals surface area (Å²) in [7, 11) is 0. The third-order valence-electron chi connectivity index (χ3n) is 4.60. The van der Waals surface area contributed by atoms with Crippen LogP contribution in [0.25, 0.3) is 0 Å². The summed E-state index contributed by atoms with van der Waals surface area (Å²) in [5, 5.41) is 3.55. The van der Waals surface area contributed by atoms with E-state index in [0.717, 1.165) is 25.7 Å². The van der Waals surface area contributed by atoms with E-state index in [4.69, 9.17) is 0 Å². The third kappa shape index (κ3) is 3.50. The van der Waals surface area contributed by atoms with Crippen molar-refractivity contribution in [1.29, 1.82) is 0 Å². The van der Waals surface area contributed by atoms with Crippen molar-refractivity contribution in [2.75, 3.05) is 0 Å². The molecule has 3 atom stereocenters. The topological polar surface area (TPSA) is 32.3 Å². The van der Waals surface area contributed by atoms with Gasteiger partial charge in [0.25, 0.3) is 0 Å². The Hall–Kier alpha value is -0.570. The minimum atomic E-state index is 0.0363.